The monoisotopic (exact) mass is 194 g/mol. The average molecular weight is 194 g/mol. The number of hydrogen-bond donors (Lipinski definition) is 0. The van der Waals surface area contributed by atoms with Gasteiger partial charge in [0, 0.05) is 12.3 Å². The molecular weight excluding hydrogens is 172 g/mol. The first kappa shape index (κ1) is 10.2. The predicted octanol–water partition coefficient (Wildman–Crippen LogP) is 3.43. The summed E-state index contributed by atoms with van der Waals surface area (Å²) in [6, 6.07) is 0. The quantitative estimate of drug-likeness (QED) is 0.577. The Morgan fingerprint density at radius 3 is 2.50 bits per heavy atom. The molecule has 0 aliphatic heterocycles. The van der Waals surface area contributed by atoms with Gasteiger partial charge >= 0.3 is 0 Å². The van der Waals surface area contributed by atoms with Crippen molar-refractivity contribution in [1.82, 2.24) is 0 Å². The van der Waals surface area contributed by atoms with Crippen LogP contribution in [-0.2, 0) is 4.79 Å². The molecule has 80 valence electrons. The van der Waals surface area contributed by atoms with E-state index in [-0.39, 0.29) is 5.41 Å². The van der Waals surface area contributed by atoms with Crippen LogP contribution in [0.4, 0.5) is 0 Å². The summed E-state index contributed by atoms with van der Waals surface area (Å²) >= 11 is 0. The lowest BCUT2D eigenvalue weighted by Gasteiger charge is -2.50. The van der Waals surface area contributed by atoms with Gasteiger partial charge in [-0.3, -0.25) is 4.79 Å². The zero-order valence-electron chi connectivity index (χ0n) is 9.89. The minimum atomic E-state index is 0.223. The van der Waals surface area contributed by atoms with E-state index < -0.39 is 0 Å². The van der Waals surface area contributed by atoms with Crippen molar-refractivity contribution in [2.24, 2.45) is 22.7 Å². The Labute approximate surface area is 87.3 Å². The molecule has 0 spiro atoms. The molecule has 0 radical (unpaired) electrons. The number of carbonyl (C=O) groups excluding carboxylic acids is 1. The number of ketones is 1. The normalized spacial score (nSPS) is 46.4. The zero-order chi connectivity index (χ0) is 10.6. The average Bonchev–Trinajstić information content (AvgIpc) is 2.38. The van der Waals surface area contributed by atoms with Gasteiger partial charge in [-0.15, -0.1) is 0 Å². The van der Waals surface area contributed by atoms with Crippen LogP contribution in [0.5, 0.6) is 0 Å². The van der Waals surface area contributed by atoms with Crippen molar-refractivity contribution in [1.29, 1.82) is 0 Å². The number of hydrogen-bond acceptors (Lipinski definition) is 1. The van der Waals surface area contributed by atoms with Crippen molar-refractivity contribution in [2.45, 2.75) is 53.4 Å². The lowest BCUT2D eigenvalue weighted by Crippen LogP contribution is -2.46. The molecule has 0 aromatic heterocycles. The second-order valence-corrected chi connectivity index (χ2v) is 6.31. The first-order valence-electron chi connectivity index (χ1n) is 5.91. The number of rotatable bonds is 0. The summed E-state index contributed by atoms with van der Waals surface area (Å²) in [5.41, 5.74) is 0.549. The number of carbonyl (C=O) groups is 1. The molecule has 0 N–H and O–H groups in total. The van der Waals surface area contributed by atoms with Gasteiger partial charge in [0.05, 0.1) is 0 Å². The van der Waals surface area contributed by atoms with Crippen LogP contribution in [0.25, 0.3) is 0 Å². The second-order valence-electron chi connectivity index (χ2n) is 6.31. The van der Waals surface area contributed by atoms with Gasteiger partial charge in [-0.2, -0.15) is 0 Å². The summed E-state index contributed by atoms with van der Waals surface area (Å²) in [4.78, 5) is 12.0. The highest BCUT2D eigenvalue weighted by molar-refractivity contribution is 5.85. The third-order valence-electron chi connectivity index (χ3n) is 5.12. The van der Waals surface area contributed by atoms with E-state index >= 15 is 0 Å². The first-order valence-corrected chi connectivity index (χ1v) is 5.91. The van der Waals surface area contributed by atoms with Gasteiger partial charge in [0.2, 0.25) is 0 Å². The summed E-state index contributed by atoms with van der Waals surface area (Å²) in [6.07, 6.45) is 4.52. The van der Waals surface area contributed by atoms with E-state index in [2.05, 4.69) is 27.7 Å². The maximum absolute atomic E-state index is 12.0. The minimum Gasteiger partial charge on any atom is -0.299 e. The fourth-order valence-electron chi connectivity index (χ4n) is 3.87. The number of Topliss-reactive ketones (excluding diaryl/α,β-unsaturated/α-hetero) is 1. The van der Waals surface area contributed by atoms with Crippen molar-refractivity contribution in [3.63, 3.8) is 0 Å². The lowest BCUT2D eigenvalue weighted by atomic mass is 9.54. The Morgan fingerprint density at radius 2 is 1.86 bits per heavy atom. The van der Waals surface area contributed by atoms with E-state index in [1.54, 1.807) is 0 Å². The van der Waals surface area contributed by atoms with E-state index in [9.17, 15) is 4.79 Å². The molecule has 2 fully saturated rings. The van der Waals surface area contributed by atoms with Crippen molar-refractivity contribution >= 4 is 5.78 Å². The molecule has 2 saturated carbocycles. The van der Waals surface area contributed by atoms with Gasteiger partial charge in [-0.1, -0.05) is 27.7 Å². The van der Waals surface area contributed by atoms with Crippen LogP contribution in [-0.4, -0.2) is 5.78 Å². The van der Waals surface area contributed by atoms with Gasteiger partial charge in [-0.05, 0) is 36.0 Å². The lowest BCUT2D eigenvalue weighted by molar-refractivity contribution is -0.131. The maximum atomic E-state index is 12.0. The molecule has 0 bridgehead atoms. The van der Waals surface area contributed by atoms with Gasteiger partial charge in [-0.25, -0.2) is 0 Å². The highest BCUT2D eigenvalue weighted by atomic mass is 16.1. The van der Waals surface area contributed by atoms with Gasteiger partial charge in [0.25, 0.3) is 0 Å². The molecule has 0 heterocycles. The van der Waals surface area contributed by atoms with Crippen molar-refractivity contribution < 1.29 is 4.79 Å². The summed E-state index contributed by atoms with van der Waals surface area (Å²) in [5, 5.41) is 0. The van der Waals surface area contributed by atoms with Crippen LogP contribution in [0.3, 0.4) is 0 Å². The summed E-state index contributed by atoms with van der Waals surface area (Å²) in [7, 11) is 0. The molecule has 1 nitrogen and oxygen atoms in total. The smallest absolute Gasteiger partial charge is 0.137 e. The molecule has 0 aromatic carbocycles. The summed E-state index contributed by atoms with van der Waals surface area (Å²) < 4.78 is 0. The molecule has 0 saturated heterocycles. The number of fused-ring (bicyclic) bond motifs is 1. The molecule has 2 rings (SSSR count). The van der Waals surface area contributed by atoms with Crippen LogP contribution in [0.1, 0.15) is 53.4 Å². The van der Waals surface area contributed by atoms with Gasteiger partial charge in [0.1, 0.15) is 5.78 Å². The molecule has 0 amide bonds. The zero-order valence-corrected chi connectivity index (χ0v) is 9.89. The second kappa shape index (κ2) is 2.84. The molecule has 2 aliphatic carbocycles. The Bertz CT molecular complexity index is 266. The van der Waals surface area contributed by atoms with Crippen LogP contribution in [0.15, 0.2) is 0 Å². The van der Waals surface area contributed by atoms with Crippen molar-refractivity contribution in [3.05, 3.63) is 0 Å². The standard InChI is InChI=1S/C13H22O/c1-9-5-7-13(4)8-6-10(14)11(13)12(9,2)3/h9,11H,5-8H2,1-4H3/t9?,11-,13-/m0/s1. The van der Waals surface area contributed by atoms with Gasteiger partial charge < -0.3 is 0 Å². The Balaban J connectivity index is 2.38. The Hall–Kier alpha value is -0.330. The summed E-state index contributed by atoms with van der Waals surface area (Å²) in [5.74, 6) is 1.56. The third-order valence-corrected chi connectivity index (χ3v) is 5.12. The largest absolute Gasteiger partial charge is 0.299 e. The Kier molecular flexibility index (Phi) is 2.06. The van der Waals surface area contributed by atoms with Crippen LogP contribution in [0.2, 0.25) is 0 Å². The van der Waals surface area contributed by atoms with Crippen molar-refractivity contribution in [3.8, 4) is 0 Å². The summed E-state index contributed by atoms with van der Waals surface area (Å²) in [6.45, 7) is 9.23. The topological polar surface area (TPSA) is 17.1 Å². The predicted molar refractivity (Wildman–Crippen MR) is 58.0 cm³/mol. The molecule has 0 aromatic rings. The maximum Gasteiger partial charge on any atom is 0.137 e. The van der Waals surface area contributed by atoms with Crippen molar-refractivity contribution in [2.75, 3.05) is 0 Å². The Morgan fingerprint density at radius 1 is 1.21 bits per heavy atom. The SMILES string of the molecule is CC1CC[C@@]2(C)CCC(=O)[C@H]2C1(C)C. The molecular formula is C13H22O. The van der Waals surface area contributed by atoms with E-state index in [0.29, 0.717) is 23.0 Å². The molecule has 1 heteroatoms. The fraction of sp³-hybridized carbons (Fsp3) is 0.923. The minimum absolute atomic E-state index is 0.223. The van der Waals surface area contributed by atoms with Crippen LogP contribution >= 0.6 is 0 Å². The molecule has 1 unspecified atom stereocenters. The van der Waals surface area contributed by atoms with E-state index in [0.717, 1.165) is 12.8 Å². The van der Waals surface area contributed by atoms with Crippen LogP contribution in [0, 0.1) is 22.7 Å². The van der Waals surface area contributed by atoms with E-state index in [1.807, 2.05) is 0 Å². The highest BCUT2D eigenvalue weighted by Gasteiger charge is 2.55. The molecule has 2 aliphatic rings. The molecule has 14 heavy (non-hydrogen) atoms. The fourth-order valence-corrected chi connectivity index (χ4v) is 3.87. The highest BCUT2D eigenvalue weighted by Crippen LogP contribution is 2.59. The van der Waals surface area contributed by atoms with Gasteiger partial charge in [0.15, 0.2) is 0 Å². The van der Waals surface area contributed by atoms with E-state index in [4.69, 9.17) is 0 Å². The first-order chi connectivity index (χ1) is 6.38. The van der Waals surface area contributed by atoms with E-state index in [1.165, 1.54) is 12.8 Å². The third kappa shape index (κ3) is 1.17. The molecule has 3 atom stereocenters. The van der Waals surface area contributed by atoms with Crippen LogP contribution < -0.4 is 0 Å².